The van der Waals surface area contributed by atoms with Crippen LogP contribution in [0.1, 0.15) is 52.5 Å². The van der Waals surface area contributed by atoms with Gasteiger partial charge in [-0.1, -0.05) is 13.8 Å². The van der Waals surface area contributed by atoms with Crippen LogP contribution < -0.4 is 0 Å². The molecular formula is C13H16O4. The maximum atomic E-state index is 12.1. The third kappa shape index (κ3) is 1.88. The van der Waals surface area contributed by atoms with E-state index in [1.807, 2.05) is 13.8 Å². The number of methoxy groups -OCH3 is 1. The minimum Gasteiger partial charge on any atom is -0.465 e. The van der Waals surface area contributed by atoms with E-state index in [1.165, 1.54) is 7.11 Å². The lowest BCUT2D eigenvalue weighted by Gasteiger charge is -2.27. The van der Waals surface area contributed by atoms with E-state index in [0.717, 1.165) is 0 Å². The fourth-order valence-electron chi connectivity index (χ4n) is 2.39. The Labute approximate surface area is 99.9 Å². The Hall–Kier alpha value is -1.58. The van der Waals surface area contributed by atoms with E-state index in [0.29, 0.717) is 35.5 Å². The van der Waals surface area contributed by atoms with Gasteiger partial charge in [0.1, 0.15) is 17.1 Å². The van der Waals surface area contributed by atoms with Crippen LogP contribution in [0, 0.1) is 12.3 Å². The molecule has 1 aliphatic rings. The molecule has 17 heavy (non-hydrogen) atoms. The molecule has 0 spiro atoms. The van der Waals surface area contributed by atoms with Crippen molar-refractivity contribution in [3.8, 4) is 0 Å². The topological polar surface area (TPSA) is 56.5 Å². The zero-order valence-corrected chi connectivity index (χ0v) is 10.5. The minimum atomic E-state index is -0.499. The van der Waals surface area contributed by atoms with E-state index in [-0.39, 0.29) is 11.2 Å². The normalized spacial score (nSPS) is 17.8. The zero-order valence-electron chi connectivity index (χ0n) is 10.5. The quantitative estimate of drug-likeness (QED) is 0.703. The first-order valence-corrected chi connectivity index (χ1v) is 5.59. The fraction of sp³-hybridized carbons (Fsp3) is 0.538. The lowest BCUT2D eigenvalue weighted by atomic mass is 9.76. The van der Waals surface area contributed by atoms with Crippen LogP contribution in [0.5, 0.6) is 0 Å². The number of hydrogen-bond acceptors (Lipinski definition) is 4. The van der Waals surface area contributed by atoms with Gasteiger partial charge in [0.2, 0.25) is 0 Å². The summed E-state index contributed by atoms with van der Waals surface area (Å²) in [5.41, 5.74) is 0.610. The van der Waals surface area contributed by atoms with Crippen LogP contribution in [-0.4, -0.2) is 18.9 Å². The minimum absolute atomic E-state index is 0.0338. The van der Waals surface area contributed by atoms with Gasteiger partial charge < -0.3 is 9.15 Å². The Morgan fingerprint density at radius 3 is 2.59 bits per heavy atom. The Bertz CT molecular complexity index is 494. The molecular weight excluding hydrogens is 220 g/mol. The summed E-state index contributed by atoms with van der Waals surface area (Å²) in [4.78, 5) is 23.7. The van der Waals surface area contributed by atoms with Gasteiger partial charge >= 0.3 is 5.97 Å². The number of ketones is 1. The molecule has 0 saturated heterocycles. The van der Waals surface area contributed by atoms with Gasteiger partial charge in [-0.05, 0) is 12.3 Å². The zero-order chi connectivity index (χ0) is 12.8. The van der Waals surface area contributed by atoms with Crippen LogP contribution in [-0.2, 0) is 11.2 Å². The molecule has 1 aromatic rings. The lowest BCUT2D eigenvalue weighted by Crippen LogP contribution is -2.27. The van der Waals surface area contributed by atoms with Crippen LogP contribution in [0.15, 0.2) is 4.42 Å². The van der Waals surface area contributed by atoms with Crippen molar-refractivity contribution >= 4 is 11.8 Å². The lowest BCUT2D eigenvalue weighted by molar-refractivity contribution is 0.0594. The Balaban J connectivity index is 2.57. The molecule has 1 heterocycles. The number of carbonyl (C=O) groups is 2. The van der Waals surface area contributed by atoms with E-state index in [4.69, 9.17) is 9.15 Å². The maximum Gasteiger partial charge on any atom is 0.342 e. The second kappa shape index (κ2) is 3.72. The Morgan fingerprint density at radius 2 is 2.00 bits per heavy atom. The third-order valence-electron chi connectivity index (χ3n) is 3.10. The number of hydrogen-bond donors (Lipinski definition) is 0. The van der Waals surface area contributed by atoms with Gasteiger partial charge in [0.15, 0.2) is 5.78 Å². The van der Waals surface area contributed by atoms with Gasteiger partial charge in [-0.15, -0.1) is 0 Å². The van der Waals surface area contributed by atoms with Crippen molar-refractivity contribution in [3.63, 3.8) is 0 Å². The molecule has 1 aliphatic carbocycles. The average Bonchev–Trinajstić information content (AvgIpc) is 2.51. The summed E-state index contributed by atoms with van der Waals surface area (Å²) in [6, 6.07) is 0. The summed E-state index contributed by atoms with van der Waals surface area (Å²) in [5.74, 6) is 0.547. The van der Waals surface area contributed by atoms with Crippen molar-refractivity contribution in [2.75, 3.05) is 7.11 Å². The molecule has 0 fully saturated rings. The highest BCUT2D eigenvalue weighted by Gasteiger charge is 2.38. The summed E-state index contributed by atoms with van der Waals surface area (Å²) in [6.45, 7) is 5.72. The van der Waals surface area contributed by atoms with E-state index in [9.17, 15) is 9.59 Å². The molecule has 92 valence electrons. The molecule has 0 amide bonds. The largest absolute Gasteiger partial charge is 0.465 e. The van der Waals surface area contributed by atoms with Gasteiger partial charge in [-0.3, -0.25) is 4.79 Å². The van der Waals surface area contributed by atoms with Crippen molar-refractivity contribution in [1.82, 2.24) is 0 Å². The fourth-order valence-corrected chi connectivity index (χ4v) is 2.39. The SMILES string of the molecule is COC(=O)c1c(C)oc2c1C(=O)CC(C)(C)C2. The second-order valence-corrected chi connectivity index (χ2v) is 5.26. The van der Waals surface area contributed by atoms with Crippen molar-refractivity contribution in [2.24, 2.45) is 5.41 Å². The Kier molecular flexibility index (Phi) is 2.60. The molecule has 4 nitrogen and oxygen atoms in total. The Morgan fingerprint density at radius 1 is 1.35 bits per heavy atom. The number of esters is 1. The first-order chi connectivity index (χ1) is 7.85. The predicted molar refractivity (Wildman–Crippen MR) is 61.2 cm³/mol. The highest BCUT2D eigenvalue weighted by atomic mass is 16.5. The van der Waals surface area contributed by atoms with Crippen molar-refractivity contribution in [3.05, 3.63) is 22.6 Å². The predicted octanol–water partition coefficient (Wildman–Crippen LogP) is 2.53. The number of fused-ring (bicyclic) bond motifs is 1. The van der Waals surface area contributed by atoms with E-state index < -0.39 is 5.97 Å². The summed E-state index contributed by atoms with van der Waals surface area (Å²) >= 11 is 0. The van der Waals surface area contributed by atoms with Crippen LogP contribution >= 0.6 is 0 Å². The van der Waals surface area contributed by atoms with Gasteiger partial charge in [-0.2, -0.15) is 0 Å². The average molecular weight is 236 g/mol. The molecule has 4 heteroatoms. The smallest absolute Gasteiger partial charge is 0.342 e. The number of furan rings is 1. The molecule has 0 atom stereocenters. The van der Waals surface area contributed by atoms with Crippen LogP contribution in [0.25, 0.3) is 0 Å². The summed E-state index contributed by atoms with van der Waals surface area (Å²) < 4.78 is 10.2. The molecule has 0 saturated carbocycles. The van der Waals surface area contributed by atoms with Gasteiger partial charge in [0.25, 0.3) is 0 Å². The van der Waals surface area contributed by atoms with Crippen molar-refractivity contribution in [2.45, 2.75) is 33.6 Å². The molecule has 0 N–H and O–H groups in total. The highest BCUT2D eigenvalue weighted by Crippen LogP contribution is 2.38. The number of rotatable bonds is 1. The van der Waals surface area contributed by atoms with Gasteiger partial charge in [0, 0.05) is 12.8 Å². The van der Waals surface area contributed by atoms with E-state index >= 15 is 0 Å². The highest BCUT2D eigenvalue weighted by molar-refractivity contribution is 6.08. The maximum absolute atomic E-state index is 12.1. The molecule has 0 unspecified atom stereocenters. The third-order valence-corrected chi connectivity index (χ3v) is 3.10. The molecule has 1 aromatic heterocycles. The van der Waals surface area contributed by atoms with E-state index in [1.54, 1.807) is 6.92 Å². The number of Topliss-reactive ketones (excluding diaryl/α,β-unsaturated/α-hetero) is 1. The van der Waals surface area contributed by atoms with Crippen molar-refractivity contribution in [1.29, 1.82) is 0 Å². The summed E-state index contributed by atoms with van der Waals surface area (Å²) in [6.07, 6.45) is 1.11. The van der Waals surface area contributed by atoms with Crippen LogP contribution in [0.3, 0.4) is 0 Å². The van der Waals surface area contributed by atoms with Gasteiger partial charge in [0.05, 0.1) is 12.7 Å². The molecule has 0 bridgehead atoms. The standard InChI is InChI=1S/C13H16O4/c1-7-10(12(15)16-4)11-8(14)5-13(2,3)6-9(11)17-7/h5-6H2,1-4H3. The van der Waals surface area contributed by atoms with Crippen molar-refractivity contribution < 1.29 is 18.7 Å². The van der Waals surface area contributed by atoms with Crippen LogP contribution in [0.2, 0.25) is 0 Å². The monoisotopic (exact) mass is 236 g/mol. The number of carbonyl (C=O) groups excluding carboxylic acids is 2. The first-order valence-electron chi connectivity index (χ1n) is 5.59. The van der Waals surface area contributed by atoms with Crippen LogP contribution in [0.4, 0.5) is 0 Å². The summed E-state index contributed by atoms with van der Waals surface area (Å²) in [7, 11) is 1.30. The number of ether oxygens (including phenoxy) is 1. The summed E-state index contributed by atoms with van der Waals surface area (Å²) in [5, 5.41) is 0. The van der Waals surface area contributed by atoms with E-state index in [2.05, 4.69) is 0 Å². The first kappa shape index (κ1) is 11.9. The second-order valence-electron chi connectivity index (χ2n) is 5.26. The molecule has 2 rings (SSSR count). The number of aryl methyl sites for hydroxylation is 1. The molecule has 0 radical (unpaired) electrons. The molecule has 0 aliphatic heterocycles. The van der Waals surface area contributed by atoms with Gasteiger partial charge in [-0.25, -0.2) is 4.79 Å². The molecule has 0 aromatic carbocycles.